The van der Waals surface area contributed by atoms with E-state index in [4.69, 9.17) is 19.6 Å². The van der Waals surface area contributed by atoms with Crippen LogP contribution in [0.15, 0.2) is 22.5 Å². The predicted octanol–water partition coefficient (Wildman–Crippen LogP) is -1.76. The predicted molar refractivity (Wildman–Crippen MR) is 101 cm³/mol. The summed E-state index contributed by atoms with van der Waals surface area (Å²) in [5.74, 6) is -0.568. The molecule has 1 aliphatic heterocycles. The van der Waals surface area contributed by atoms with Crippen LogP contribution < -0.4 is 34.3 Å². The number of hydrogen-bond donors (Lipinski definition) is 0. The third-order valence-electron chi connectivity index (χ3n) is 4.02. The Morgan fingerprint density at radius 3 is 2.28 bits per heavy atom. The van der Waals surface area contributed by atoms with Crippen molar-refractivity contribution in [2.45, 2.75) is 25.7 Å². The number of ether oxygens (including phenoxy) is 2. The molecule has 0 bridgehead atoms. The molecule has 0 N–H and O–H groups in total. The molecule has 1 fully saturated rings. The monoisotopic (exact) mass is 440 g/mol. The zero-order chi connectivity index (χ0) is 21.2. The second kappa shape index (κ2) is 13.8. The number of aromatic nitrogens is 1. The Morgan fingerprint density at radius 1 is 1.21 bits per heavy atom. The van der Waals surface area contributed by atoms with Crippen LogP contribution in [-0.4, -0.2) is 74.5 Å². The van der Waals surface area contributed by atoms with Gasteiger partial charge in [-0.15, -0.1) is 5.34 Å². The van der Waals surface area contributed by atoms with Crippen molar-refractivity contribution < 1.29 is 52.2 Å². The van der Waals surface area contributed by atoms with Gasteiger partial charge in [-0.05, 0) is 26.5 Å². The van der Waals surface area contributed by atoms with E-state index in [9.17, 15) is 13.2 Å². The molecule has 0 unspecified atom stereocenters. The van der Waals surface area contributed by atoms with Gasteiger partial charge in [0.05, 0.1) is 19.4 Å². The molecule has 13 heteroatoms. The van der Waals surface area contributed by atoms with Crippen LogP contribution in [0.3, 0.4) is 0 Å². The summed E-state index contributed by atoms with van der Waals surface area (Å²) in [5, 5.41) is 9.00. The van der Waals surface area contributed by atoms with E-state index in [-0.39, 0.29) is 52.5 Å². The van der Waals surface area contributed by atoms with Crippen molar-refractivity contribution in [1.29, 1.82) is 0 Å². The Kier molecular flexibility index (Phi) is 13.2. The molecule has 29 heavy (non-hydrogen) atoms. The normalized spacial score (nSPS) is 14.7. The van der Waals surface area contributed by atoms with Crippen LogP contribution in [0.1, 0.15) is 31.1 Å². The molecular weight excluding hydrogens is 415 g/mol. The number of piperazine rings is 1. The van der Waals surface area contributed by atoms with Crippen molar-refractivity contribution >= 4 is 16.0 Å². The third-order valence-corrected chi connectivity index (χ3v) is 5.88. The average Bonchev–Trinajstić information content (AvgIpc) is 2.69. The largest absolute Gasteiger partial charge is 1.00 e. The van der Waals surface area contributed by atoms with Crippen LogP contribution in [-0.2, 0) is 14.8 Å². The van der Waals surface area contributed by atoms with Crippen molar-refractivity contribution in [2.24, 2.45) is 5.34 Å². The summed E-state index contributed by atoms with van der Waals surface area (Å²) in [6.07, 6.45) is 1.23. The summed E-state index contributed by atoms with van der Waals surface area (Å²) in [4.78, 5) is 26.3. The summed E-state index contributed by atoms with van der Waals surface area (Å²) >= 11 is 0. The van der Waals surface area contributed by atoms with Crippen LogP contribution in [0.2, 0.25) is 0 Å². The van der Waals surface area contributed by atoms with Gasteiger partial charge in [0.25, 0.3) is 0 Å². The van der Waals surface area contributed by atoms with Crippen LogP contribution in [0.5, 0.6) is 5.88 Å². The topological polar surface area (TPSA) is 142 Å². The minimum Gasteiger partial charge on any atom is -0.477 e. The third kappa shape index (κ3) is 7.79. The van der Waals surface area contributed by atoms with Gasteiger partial charge in [-0.3, -0.25) is 0 Å². The number of sulfonamides is 1. The molecule has 0 saturated carbocycles. The molecule has 1 saturated heterocycles. The number of likely N-dealkylation sites (N-methyl/N-ethyl adjacent to an activating group) is 1. The van der Waals surface area contributed by atoms with E-state index in [1.807, 2.05) is 6.92 Å². The van der Waals surface area contributed by atoms with Gasteiger partial charge in [0.15, 0.2) is 0 Å². The van der Waals surface area contributed by atoms with E-state index in [0.29, 0.717) is 32.8 Å². The molecule has 0 aliphatic carbocycles. The molecular formula is C16H25N4NaO7S. The summed E-state index contributed by atoms with van der Waals surface area (Å²) < 4.78 is 37.4. The number of carbonyl (C=O) groups is 1. The molecule has 2 heterocycles. The molecule has 1 aliphatic rings. The van der Waals surface area contributed by atoms with E-state index in [1.165, 1.54) is 16.6 Å². The zero-order valence-corrected chi connectivity index (χ0v) is 20.0. The molecule has 0 spiro atoms. The molecule has 1 aromatic heterocycles. The fraction of sp³-hybridized carbons (Fsp3) is 0.625. The summed E-state index contributed by atoms with van der Waals surface area (Å²) in [6, 6.07) is 1.29. The van der Waals surface area contributed by atoms with Gasteiger partial charge in [-0.25, -0.2) is 18.2 Å². The maximum atomic E-state index is 12.9. The van der Waals surface area contributed by atoms with E-state index < -0.39 is 16.0 Å². The second-order valence-corrected chi connectivity index (χ2v) is 7.53. The van der Waals surface area contributed by atoms with E-state index >= 15 is 0 Å². The van der Waals surface area contributed by atoms with Crippen LogP contribution >= 0.6 is 0 Å². The summed E-state index contributed by atoms with van der Waals surface area (Å²) in [5.41, 5.74) is 0.0250. The number of carbonyl (C=O) groups excluding carboxylic acids is 1. The molecule has 11 nitrogen and oxygen atoms in total. The molecule has 0 aromatic carbocycles. The molecule has 158 valence electrons. The zero-order valence-electron chi connectivity index (χ0n) is 17.2. The van der Waals surface area contributed by atoms with Crippen LogP contribution in [0.4, 0.5) is 0 Å². The molecule has 0 atom stereocenters. The number of nitrogens with zero attached hydrogens (tertiary/aromatic N) is 4. The smallest absolute Gasteiger partial charge is 0.477 e. The standard InChI is InChI=1S/C16H25N3O5S.HNO2.Na/c1-4-18-7-9-19(10-8-18)25(21,22)13-11-14(16(20)24-6-3)15(17-12-13)23-5-2;2-1-3;/h11-12H,4-10H2,1-3H3;(H,2,3);/q;;+1/p-1. The van der Waals surface area contributed by atoms with Gasteiger partial charge in [0.1, 0.15) is 10.5 Å². The number of hydrogen-bond acceptors (Lipinski definition) is 10. The van der Waals surface area contributed by atoms with Gasteiger partial charge < -0.3 is 24.5 Å². The maximum Gasteiger partial charge on any atom is 1.00 e. The van der Waals surface area contributed by atoms with Crippen LogP contribution in [0.25, 0.3) is 0 Å². The summed E-state index contributed by atoms with van der Waals surface area (Å²) in [6.45, 7) is 9.07. The first-order valence-corrected chi connectivity index (χ1v) is 10.3. The Bertz CT molecular complexity index is 756. The summed E-state index contributed by atoms with van der Waals surface area (Å²) in [7, 11) is -3.72. The average molecular weight is 440 g/mol. The van der Waals surface area contributed by atoms with E-state index in [2.05, 4.69) is 9.88 Å². The van der Waals surface area contributed by atoms with Gasteiger partial charge in [0, 0.05) is 26.2 Å². The van der Waals surface area contributed by atoms with E-state index in [1.54, 1.807) is 13.8 Å². The Balaban J connectivity index is 0.00000184. The van der Waals surface area contributed by atoms with Gasteiger partial charge in [-0.1, -0.05) is 6.92 Å². The number of pyridine rings is 1. The van der Waals surface area contributed by atoms with Crippen molar-refractivity contribution in [3.63, 3.8) is 0 Å². The first kappa shape index (κ1) is 27.7. The Morgan fingerprint density at radius 2 is 1.79 bits per heavy atom. The first-order valence-electron chi connectivity index (χ1n) is 8.83. The fourth-order valence-corrected chi connectivity index (χ4v) is 4.01. The van der Waals surface area contributed by atoms with Gasteiger partial charge >= 0.3 is 35.5 Å². The number of esters is 1. The van der Waals surface area contributed by atoms with Crippen molar-refractivity contribution in [3.8, 4) is 5.88 Å². The van der Waals surface area contributed by atoms with Crippen LogP contribution in [0, 0.1) is 10.1 Å². The number of rotatable bonds is 7. The Labute approximate surface area is 192 Å². The van der Waals surface area contributed by atoms with Gasteiger partial charge in [0.2, 0.25) is 15.9 Å². The second-order valence-electron chi connectivity index (χ2n) is 5.59. The quantitative estimate of drug-likeness (QED) is 0.208. The molecule has 2 rings (SSSR count). The minimum absolute atomic E-state index is 0. The SMILES string of the molecule is CCOC(=O)c1cc(S(=O)(=O)N2CCN(CC)CC2)cnc1OCC.O=N[O-].[Na+]. The van der Waals surface area contributed by atoms with Crippen molar-refractivity contribution in [2.75, 3.05) is 45.9 Å². The molecule has 0 amide bonds. The molecule has 1 aromatic rings. The maximum absolute atomic E-state index is 12.9. The first-order chi connectivity index (χ1) is 13.3. The van der Waals surface area contributed by atoms with E-state index in [0.717, 1.165) is 11.9 Å². The fourth-order valence-electron chi connectivity index (χ4n) is 2.62. The van der Waals surface area contributed by atoms with Crippen molar-refractivity contribution in [1.82, 2.24) is 14.2 Å². The minimum atomic E-state index is -3.72. The Hall–Kier alpha value is -1.31. The molecule has 0 radical (unpaired) electrons. The van der Waals surface area contributed by atoms with Gasteiger partial charge in [-0.2, -0.15) is 4.31 Å². The van der Waals surface area contributed by atoms with Crippen molar-refractivity contribution in [3.05, 3.63) is 27.9 Å².